The molecule has 0 aromatic rings. The van der Waals surface area contributed by atoms with Gasteiger partial charge in [-0.2, -0.15) is 0 Å². The van der Waals surface area contributed by atoms with Crippen LogP contribution in [0.3, 0.4) is 0 Å². The molecule has 0 spiro atoms. The maximum Gasteiger partial charge on any atom is 0.0968 e. The zero-order valence-corrected chi connectivity index (χ0v) is 9.45. The molecule has 3 heteroatoms. The Labute approximate surface area is 92.1 Å². The Hall–Kier alpha value is -0.570. The summed E-state index contributed by atoms with van der Waals surface area (Å²) in [5, 5.41) is 0. The van der Waals surface area contributed by atoms with Crippen LogP contribution in [0.4, 0.5) is 0 Å². The average molecular weight is 210 g/mol. The molecular formula is C12H22N2O. The molecule has 15 heavy (non-hydrogen) atoms. The fourth-order valence-corrected chi connectivity index (χ4v) is 2.56. The number of aliphatic imine (C=N–C) groups is 1. The van der Waals surface area contributed by atoms with Gasteiger partial charge in [0.05, 0.1) is 11.9 Å². The summed E-state index contributed by atoms with van der Waals surface area (Å²) in [4.78, 5) is 4.48. The van der Waals surface area contributed by atoms with E-state index >= 15 is 0 Å². The van der Waals surface area contributed by atoms with Gasteiger partial charge in [-0.3, -0.25) is 4.99 Å². The molecule has 1 aliphatic heterocycles. The van der Waals surface area contributed by atoms with Crippen molar-refractivity contribution < 1.29 is 4.74 Å². The Morgan fingerprint density at radius 2 is 2.00 bits per heavy atom. The molecule has 1 saturated carbocycles. The molecule has 0 aromatic carbocycles. The second-order valence-corrected chi connectivity index (χ2v) is 4.71. The van der Waals surface area contributed by atoms with Crippen LogP contribution in [-0.2, 0) is 4.74 Å². The van der Waals surface area contributed by atoms with E-state index in [0.717, 1.165) is 25.4 Å². The summed E-state index contributed by atoms with van der Waals surface area (Å²) in [6.45, 7) is 1.79. The van der Waals surface area contributed by atoms with Crippen molar-refractivity contribution in [1.29, 1.82) is 0 Å². The summed E-state index contributed by atoms with van der Waals surface area (Å²) in [5.41, 5.74) is 5.97. The molecule has 2 N–H and O–H groups in total. The molecule has 86 valence electrons. The fourth-order valence-electron chi connectivity index (χ4n) is 2.56. The molecule has 0 radical (unpaired) electrons. The monoisotopic (exact) mass is 210 g/mol. The Balaban J connectivity index is 1.67. The SMILES string of the molecule is NC(=NCCC1CCCO1)C1CCCC1. The summed E-state index contributed by atoms with van der Waals surface area (Å²) < 4.78 is 5.55. The van der Waals surface area contributed by atoms with E-state index in [1.165, 1.54) is 38.5 Å². The van der Waals surface area contributed by atoms with Gasteiger partial charge in [-0.15, -0.1) is 0 Å². The first kappa shape index (κ1) is 10.9. The van der Waals surface area contributed by atoms with Crippen LogP contribution in [0.15, 0.2) is 4.99 Å². The van der Waals surface area contributed by atoms with Crippen LogP contribution in [0.1, 0.15) is 44.9 Å². The molecule has 0 amide bonds. The molecule has 0 bridgehead atoms. The van der Waals surface area contributed by atoms with Crippen LogP contribution in [-0.4, -0.2) is 25.1 Å². The molecular weight excluding hydrogens is 188 g/mol. The molecule has 2 fully saturated rings. The van der Waals surface area contributed by atoms with Crippen molar-refractivity contribution in [3.8, 4) is 0 Å². The predicted molar refractivity (Wildman–Crippen MR) is 62.0 cm³/mol. The Morgan fingerprint density at radius 1 is 1.20 bits per heavy atom. The third kappa shape index (κ3) is 3.20. The van der Waals surface area contributed by atoms with Crippen LogP contribution >= 0.6 is 0 Å². The van der Waals surface area contributed by atoms with Gasteiger partial charge < -0.3 is 10.5 Å². The van der Waals surface area contributed by atoms with Crippen molar-refractivity contribution in [3.63, 3.8) is 0 Å². The van der Waals surface area contributed by atoms with Gasteiger partial charge in [0, 0.05) is 19.1 Å². The van der Waals surface area contributed by atoms with Gasteiger partial charge in [-0.05, 0) is 32.1 Å². The average Bonchev–Trinajstić information content (AvgIpc) is 2.90. The van der Waals surface area contributed by atoms with Crippen molar-refractivity contribution in [2.45, 2.75) is 51.0 Å². The number of ether oxygens (including phenoxy) is 1. The standard InChI is InChI=1S/C12H22N2O/c13-12(10-4-1-2-5-10)14-8-7-11-6-3-9-15-11/h10-11H,1-9H2,(H2,13,14). The number of amidine groups is 1. The first-order valence-corrected chi connectivity index (χ1v) is 6.27. The number of nitrogens with two attached hydrogens (primary N) is 1. The normalized spacial score (nSPS) is 28.8. The lowest BCUT2D eigenvalue weighted by Gasteiger charge is -2.10. The van der Waals surface area contributed by atoms with E-state index in [1.54, 1.807) is 0 Å². The molecule has 1 saturated heterocycles. The zero-order valence-electron chi connectivity index (χ0n) is 9.45. The summed E-state index contributed by atoms with van der Waals surface area (Å²) >= 11 is 0. The van der Waals surface area contributed by atoms with Crippen LogP contribution in [0, 0.1) is 5.92 Å². The number of rotatable bonds is 4. The first-order valence-electron chi connectivity index (χ1n) is 6.27. The minimum atomic E-state index is 0.449. The molecule has 2 aliphatic rings. The summed E-state index contributed by atoms with van der Waals surface area (Å²) in [7, 11) is 0. The second-order valence-electron chi connectivity index (χ2n) is 4.71. The van der Waals surface area contributed by atoms with Gasteiger partial charge in [0.1, 0.15) is 0 Å². The van der Waals surface area contributed by atoms with Gasteiger partial charge >= 0.3 is 0 Å². The highest BCUT2D eigenvalue weighted by atomic mass is 16.5. The summed E-state index contributed by atoms with van der Waals surface area (Å²) in [6.07, 6.45) is 9.06. The maximum atomic E-state index is 5.97. The van der Waals surface area contributed by atoms with Crippen LogP contribution in [0.2, 0.25) is 0 Å². The van der Waals surface area contributed by atoms with Crippen molar-refractivity contribution in [3.05, 3.63) is 0 Å². The Kier molecular flexibility index (Phi) is 4.01. The largest absolute Gasteiger partial charge is 0.387 e. The quantitative estimate of drug-likeness (QED) is 0.570. The second kappa shape index (κ2) is 5.50. The van der Waals surface area contributed by atoms with E-state index in [9.17, 15) is 0 Å². The Morgan fingerprint density at radius 3 is 2.67 bits per heavy atom. The van der Waals surface area contributed by atoms with E-state index in [4.69, 9.17) is 10.5 Å². The van der Waals surface area contributed by atoms with Crippen molar-refractivity contribution in [1.82, 2.24) is 0 Å². The lowest BCUT2D eigenvalue weighted by Crippen LogP contribution is -2.22. The summed E-state index contributed by atoms with van der Waals surface area (Å²) in [6, 6.07) is 0. The van der Waals surface area contributed by atoms with Gasteiger partial charge in [0.15, 0.2) is 0 Å². The van der Waals surface area contributed by atoms with E-state index in [1.807, 2.05) is 0 Å². The molecule has 2 rings (SSSR count). The molecule has 1 heterocycles. The molecule has 0 aromatic heterocycles. The van der Waals surface area contributed by atoms with Crippen molar-refractivity contribution in [2.75, 3.05) is 13.2 Å². The minimum Gasteiger partial charge on any atom is -0.387 e. The third-order valence-corrected chi connectivity index (χ3v) is 3.54. The van der Waals surface area contributed by atoms with Gasteiger partial charge in [0.2, 0.25) is 0 Å². The third-order valence-electron chi connectivity index (χ3n) is 3.54. The summed E-state index contributed by atoms with van der Waals surface area (Å²) in [5.74, 6) is 1.47. The predicted octanol–water partition coefficient (Wildman–Crippen LogP) is 2.10. The first-order chi connectivity index (χ1) is 7.36. The van der Waals surface area contributed by atoms with Crippen molar-refractivity contribution >= 4 is 5.84 Å². The minimum absolute atomic E-state index is 0.449. The van der Waals surface area contributed by atoms with E-state index in [-0.39, 0.29) is 0 Å². The van der Waals surface area contributed by atoms with Crippen LogP contribution in [0.5, 0.6) is 0 Å². The highest BCUT2D eigenvalue weighted by molar-refractivity contribution is 5.83. The number of nitrogens with zero attached hydrogens (tertiary/aromatic N) is 1. The zero-order chi connectivity index (χ0) is 10.5. The van der Waals surface area contributed by atoms with Crippen molar-refractivity contribution in [2.24, 2.45) is 16.6 Å². The van der Waals surface area contributed by atoms with Gasteiger partial charge in [-0.25, -0.2) is 0 Å². The van der Waals surface area contributed by atoms with E-state index in [0.29, 0.717) is 12.0 Å². The van der Waals surface area contributed by atoms with Crippen LogP contribution in [0.25, 0.3) is 0 Å². The lowest BCUT2D eigenvalue weighted by atomic mass is 10.1. The van der Waals surface area contributed by atoms with E-state index < -0.39 is 0 Å². The van der Waals surface area contributed by atoms with Gasteiger partial charge in [0.25, 0.3) is 0 Å². The highest BCUT2D eigenvalue weighted by Gasteiger charge is 2.19. The Bertz CT molecular complexity index is 216. The maximum absolute atomic E-state index is 5.97. The smallest absolute Gasteiger partial charge is 0.0968 e. The molecule has 3 nitrogen and oxygen atoms in total. The van der Waals surface area contributed by atoms with Gasteiger partial charge in [-0.1, -0.05) is 12.8 Å². The topological polar surface area (TPSA) is 47.6 Å². The number of hydrogen-bond donors (Lipinski definition) is 1. The molecule has 1 atom stereocenters. The lowest BCUT2D eigenvalue weighted by molar-refractivity contribution is 0.106. The number of hydrogen-bond acceptors (Lipinski definition) is 2. The molecule has 1 aliphatic carbocycles. The van der Waals surface area contributed by atoms with E-state index in [2.05, 4.69) is 4.99 Å². The molecule has 1 unspecified atom stereocenters. The fraction of sp³-hybridized carbons (Fsp3) is 0.917. The highest BCUT2D eigenvalue weighted by Crippen LogP contribution is 2.24. The van der Waals surface area contributed by atoms with Crippen LogP contribution < -0.4 is 5.73 Å².